The van der Waals surface area contributed by atoms with Gasteiger partial charge < -0.3 is 10.7 Å². The Kier molecular flexibility index (Phi) is 1.80. The van der Waals surface area contributed by atoms with Crippen LogP contribution in [0.1, 0.15) is 25.5 Å². The number of aromatic nitrogens is 3. The molecule has 0 aliphatic heterocycles. The summed E-state index contributed by atoms with van der Waals surface area (Å²) in [5.41, 5.74) is 7.00. The molecule has 14 heavy (non-hydrogen) atoms. The van der Waals surface area contributed by atoms with Crippen molar-refractivity contribution in [3.63, 3.8) is 0 Å². The first kappa shape index (κ1) is 8.80. The van der Waals surface area contributed by atoms with Gasteiger partial charge in [-0.1, -0.05) is 13.8 Å². The fourth-order valence-corrected chi connectivity index (χ4v) is 1.33. The van der Waals surface area contributed by atoms with E-state index in [9.17, 15) is 4.79 Å². The molecule has 0 unspecified atom stereocenters. The number of anilines is 1. The Bertz CT molecular complexity index is 523. The van der Waals surface area contributed by atoms with Crippen LogP contribution in [0.5, 0.6) is 0 Å². The van der Waals surface area contributed by atoms with E-state index in [4.69, 9.17) is 5.73 Å². The number of nitrogens with zero attached hydrogens (tertiary/aromatic N) is 2. The van der Waals surface area contributed by atoms with Crippen molar-refractivity contribution in [3.8, 4) is 0 Å². The third-order valence-corrected chi connectivity index (χ3v) is 2.09. The predicted octanol–water partition coefficient (Wildman–Crippen LogP) is 0.728. The van der Waals surface area contributed by atoms with E-state index in [1.54, 1.807) is 0 Å². The average molecular weight is 192 g/mol. The smallest absolute Gasteiger partial charge is 0.253 e. The van der Waals surface area contributed by atoms with E-state index >= 15 is 0 Å². The second kappa shape index (κ2) is 2.87. The molecule has 3 N–H and O–H groups in total. The lowest BCUT2D eigenvalue weighted by atomic mass is 10.1. The fraction of sp³-hybridized carbons (Fsp3) is 0.333. The zero-order chi connectivity index (χ0) is 10.3. The molecular weight excluding hydrogens is 180 g/mol. The molecule has 5 heteroatoms. The van der Waals surface area contributed by atoms with Gasteiger partial charge in [0.15, 0.2) is 0 Å². The van der Waals surface area contributed by atoms with Crippen LogP contribution >= 0.6 is 0 Å². The number of aromatic amines is 1. The number of nitrogens with two attached hydrogens (primary N) is 1. The van der Waals surface area contributed by atoms with Gasteiger partial charge in [0.05, 0.1) is 5.69 Å². The molecule has 0 atom stereocenters. The van der Waals surface area contributed by atoms with Gasteiger partial charge in [0.1, 0.15) is 11.5 Å². The van der Waals surface area contributed by atoms with E-state index < -0.39 is 0 Å². The molecule has 0 aliphatic rings. The third-order valence-electron chi connectivity index (χ3n) is 2.09. The van der Waals surface area contributed by atoms with Gasteiger partial charge in [-0.05, 0) is 5.92 Å². The molecule has 2 rings (SSSR count). The highest BCUT2D eigenvalue weighted by molar-refractivity contribution is 5.46. The Morgan fingerprint density at radius 2 is 2.21 bits per heavy atom. The zero-order valence-corrected chi connectivity index (χ0v) is 8.11. The maximum Gasteiger partial charge on any atom is 0.253 e. The number of hydrogen-bond acceptors (Lipinski definition) is 3. The lowest BCUT2D eigenvalue weighted by Crippen LogP contribution is -2.10. The SMILES string of the molecule is CC(C)c1cc2[nH]c(=O)cc(N)n2n1. The van der Waals surface area contributed by atoms with E-state index in [1.807, 2.05) is 19.9 Å². The van der Waals surface area contributed by atoms with Crippen molar-refractivity contribution in [1.29, 1.82) is 0 Å². The van der Waals surface area contributed by atoms with Gasteiger partial charge in [-0.15, -0.1) is 0 Å². The summed E-state index contributed by atoms with van der Waals surface area (Å²) >= 11 is 0. The third kappa shape index (κ3) is 1.26. The highest BCUT2D eigenvalue weighted by Crippen LogP contribution is 2.14. The molecule has 0 radical (unpaired) electrons. The molecule has 0 aliphatic carbocycles. The van der Waals surface area contributed by atoms with Crippen LogP contribution < -0.4 is 11.3 Å². The Morgan fingerprint density at radius 3 is 2.86 bits per heavy atom. The number of hydrogen-bond donors (Lipinski definition) is 2. The van der Waals surface area contributed by atoms with Crippen molar-refractivity contribution in [2.75, 3.05) is 5.73 Å². The molecule has 0 aromatic carbocycles. The maximum absolute atomic E-state index is 11.1. The quantitative estimate of drug-likeness (QED) is 0.699. The maximum atomic E-state index is 11.1. The van der Waals surface area contributed by atoms with Gasteiger partial charge in [0.25, 0.3) is 5.56 Å². The lowest BCUT2D eigenvalue weighted by molar-refractivity contribution is 0.789. The minimum atomic E-state index is -0.204. The van der Waals surface area contributed by atoms with E-state index in [0.29, 0.717) is 17.4 Å². The second-order valence-electron chi connectivity index (χ2n) is 3.58. The van der Waals surface area contributed by atoms with E-state index in [-0.39, 0.29) is 5.56 Å². The van der Waals surface area contributed by atoms with E-state index in [1.165, 1.54) is 10.6 Å². The molecule has 2 aromatic heterocycles. The van der Waals surface area contributed by atoms with Crippen molar-refractivity contribution in [3.05, 3.63) is 28.2 Å². The second-order valence-corrected chi connectivity index (χ2v) is 3.58. The monoisotopic (exact) mass is 192 g/mol. The standard InChI is InChI=1S/C9H12N4O/c1-5(2)6-3-8-11-9(14)4-7(10)13(8)12-6/h3-5H,10H2,1-2H3,(H,11,14). The first-order chi connectivity index (χ1) is 6.58. The van der Waals surface area contributed by atoms with E-state index in [2.05, 4.69) is 10.1 Å². The minimum absolute atomic E-state index is 0.204. The topological polar surface area (TPSA) is 76.2 Å². The van der Waals surface area contributed by atoms with Gasteiger partial charge in [-0.2, -0.15) is 5.10 Å². The number of nitrogen functional groups attached to an aromatic ring is 1. The van der Waals surface area contributed by atoms with Crippen molar-refractivity contribution >= 4 is 11.5 Å². The minimum Gasteiger partial charge on any atom is -0.383 e. The first-order valence-electron chi connectivity index (χ1n) is 4.46. The highest BCUT2D eigenvalue weighted by atomic mass is 16.1. The largest absolute Gasteiger partial charge is 0.383 e. The predicted molar refractivity (Wildman–Crippen MR) is 54.3 cm³/mol. The molecule has 0 saturated heterocycles. The summed E-state index contributed by atoms with van der Waals surface area (Å²) in [5, 5.41) is 4.27. The van der Waals surface area contributed by atoms with E-state index in [0.717, 1.165) is 5.69 Å². The molecule has 0 bridgehead atoms. The molecular formula is C9H12N4O. The first-order valence-corrected chi connectivity index (χ1v) is 4.46. The van der Waals surface area contributed by atoms with Gasteiger partial charge in [-0.25, -0.2) is 4.52 Å². The number of nitrogens with one attached hydrogen (secondary N) is 1. The van der Waals surface area contributed by atoms with Crippen molar-refractivity contribution in [1.82, 2.24) is 14.6 Å². The van der Waals surface area contributed by atoms with Crippen LogP contribution in [0, 0.1) is 0 Å². The Balaban J connectivity index is 2.77. The zero-order valence-electron chi connectivity index (χ0n) is 8.11. The Labute approximate surface area is 80.6 Å². The summed E-state index contributed by atoms with van der Waals surface area (Å²) in [6.45, 7) is 4.08. The average Bonchev–Trinajstić information content (AvgIpc) is 2.47. The Morgan fingerprint density at radius 1 is 1.50 bits per heavy atom. The summed E-state index contributed by atoms with van der Waals surface area (Å²) in [6.07, 6.45) is 0. The molecule has 74 valence electrons. The van der Waals surface area contributed by atoms with Crippen molar-refractivity contribution in [2.45, 2.75) is 19.8 Å². The molecule has 5 nitrogen and oxygen atoms in total. The van der Waals surface area contributed by atoms with Gasteiger partial charge in [-0.3, -0.25) is 4.79 Å². The normalized spacial score (nSPS) is 11.4. The van der Waals surface area contributed by atoms with Crippen LogP contribution in [0.25, 0.3) is 5.65 Å². The number of H-pyrrole nitrogens is 1. The summed E-state index contributed by atoms with van der Waals surface area (Å²) in [6, 6.07) is 3.16. The molecule has 0 saturated carbocycles. The highest BCUT2D eigenvalue weighted by Gasteiger charge is 2.07. The number of rotatable bonds is 1. The van der Waals surface area contributed by atoms with Gasteiger partial charge >= 0.3 is 0 Å². The molecule has 0 fully saturated rings. The molecule has 2 heterocycles. The molecule has 2 aromatic rings. The van der Waals surface area contributed by atoms with Crippen molar-refractivity contribution < 1.29 is 0 Å². The van der Waals surface area contributed by atoms with Crippen LogP contribution in [0.3, 0.4) is 0 Å². The summed E-state index contributed by atoms with van der Waals surface area (Å²) < 4.78 is 1.54. The van der Waals surface area contributed by atoms with Crippen LogP contribution in [0.4, 0.5) is 5.82 Å². The van der Waals surface area contributed by atoms with Crippen LogP contribution in [0.2, 0.25) is 0 Å². The molecule has 0 amide bonds. The lowest BCUT2D eigenvalue weighted by Gasteiger charge is -1.97. The summed E-state index contributed by atoms with van der Waals surface area (Å²) in [7, 11) is 0. The van der Waals surface area contributed by atoms with Gasteiger partial charge in [0, 0.05) is 12.1 Å². The van der Waals surface area contributed by atoms with Crippen molar-refractivity contribution in [2.24, 2.45) is 0 Å². The van der Waals surface area contributed by atoms with Crippen LogP contribution in [0.15, 0.2) is 16.9 Å². The molecule has 0 spiro atoms. The Hall–Kier alpha value is -1.78. The van der Waals surface area contributed by atoms with Crippen LogP contribution in [-0.2, 0) is 0 Å². The summed E-state index contributed by atoms with van der Waals surface area (Å²) in [4.78, 5) is 13.8. The fourth-order valence-electron chi connectivity index (χ4n) is 1.33. The number of fused-ring (bicyclic) bond motifs is 1. The summed E-state index contributed by atoms with van der Waals surface area (Å²) in [5.74, 6) is 0.674. The van der Waals surface area contributed by atoms with Gasteiger partial charge in [0.2, 0.25) is 0 Å². The van der Waals surface area contributed by atoms with Crippen LogP contribution in [-0.4, -0.2) is 14.6 Å².